The summed E-state index contributed by atoms with van der Waals surface area (Å²) in [6, 6.07) is 11.4. The van der Waals surface area contributed by atoms with Gasteiger partial charge in [0, 0.05) is 53.5 Å². The maximum Gasteiger partial charge on any atom is 0.0476 e. The average molecular weight is 308 g/mol. The number of hydrogen-bond donors (Lipinski definition) is 1. The van der Waals surface area contributed by atoms with Crippen molar-refractivity contribution in [2.75, 3.05) is 25.1 Å². The average Bonchev–Trinajstić information content (AvgIpc) is 2.47. The maximum absolute atomic E-state index is 11.6. The van der Waals surface area contributed by atoms with Crippen molar-refractivity contribution >= 4 is 10.8 Å². The highest BCUT2D eigenvalue weighted by molar-refractivity contribution is 7.84. The first kappa shape index (κ1) is 16.7. The standard InChI is InChI=1S/C17H28N2OS/c1-5-17(3)13-19(14(2)12-21(4)20)16(11-18-17)15-9-7-6-8-10-15/h6-10,14,16,18H,5,11-13H2,1-4H3. The molecule has 0 amide bonds. The van der Waals surface area contributed by atoms with Gasteiger partial charge in [0.05, 0.1) is 0 Å². The Morgan fingerprint density at radius 1 is 1.43 bits per heavy atom. The molecule has 1 fully saturated rings. The fraction of sp³-hybridized carbons (Fsp3) is 0.647. The number of piperazine rings is 1. The lowest BCUT2D eigenvalue weighted by Crippen LogP contribution is -2.61. The van der Waals surface area contributed by atoms with Crippen molar-refractivity contribution < 1.29 is 4.21 Å². The van der Waals surface area contributed by atoms with Crippen LogP contribution in [0.15, 0.2) is 30.3 Å². The van der Waals surface area contributed by atoms with E-state index in [9.17, 15) is 4.21 Å². The lowest BCUT2D eigenvalue weighted by atomic mass is 9.90. The van der Waals surface area contributed by atoms with Gasteiger partial charge in [-0.2, -0.15) is 0 Å². The van der Waals surface area contributed by atoms with E-state index >= 15 is 0 Å². The fourth-order valence-electron chi connectivity index (χ4n) is 3.15. The molecule has 0 aromatic heterocycles. The van der Waals surface area contributed by atoms with E-state index in [1.165, 1.54) is 5.56 Å². The first-order chi connectivity index (χ1) is 9.95. The summed E-state index contributed by atoms with van der Waals surface area (Å²) in [5.74, 6) is 0.739. The number of benzene rings is 1. The van der Waals surface area contributed by atoms with Crippen molar-refractivity contribution in [1.82, 2.24) is 10.2 Å². The number of nitrogens with one attached hydrogen (secondary N) is 1. The van der Waals surface area contributed by atoms with Gasteiger partial charge in [-0.15, -0.1) is 0 Å². The van der Waals surface area contributed by atoms with Gasteiger partial charge in [0.1, 0.15) is 0 Å². The van der Waals surface area contributed by atoms with Crippen LogP contribution in [-0.2, 0) is 10.8 Å². The Morgan fingerprint density at radius 2 is 2.10 bits per heavy atom. The fourth-order valence-corrected chi connectivity index (χ4v) is 4.02. The molecule has 1 heterocycles. The molecule has 1 aliphatic rings. The van der Waals surface area contributed by atoms with Crippen LogP contribution in [-0.4, -0.2) is 45.8 Å². The summed E-state index contributed by atoms with van der Waals surface area (Å²) >= 11 is 0. The quantitative estimate of drug-likeness (QED) is 0.907. The summed E-state index contributed by atoms with van der Waals surface area (Å²) in [7, 11) is -0.757. The van der Waals surface area contributed by atoms with Gasteiger partial charge in [-0.25, -0.2) is 0 Å². The van der Waals surface area contributed by atoms with Gasteiger partial charge in [0.2, 0.25) is 0 Å². The molecule has 2 rings (SSSR count). The van der Waals surface area contributed by atoms with Gasteiger partial charge in [-0.05, 0) is 25.8 Å². The molecule has 0 spiro atoms. The minimum atomic E-state index is -0.757. The molecular weight excluding hydrogens is 280 g/mol. The molecule has 0 saturated carbocycles. The summed E-state index contributed by atoms with van der Waals surface area (Å²) in [5.41, 5.74) is 1.49. The molecule has 4 atom stereocenters. The monoisotopic (exact) mass is 308 g/mol. The van der Waals surface area contributed by atoms with Crippen LogP contribution < -0.4 is 5.32 Å². The van der Waals surface area contributed by atoms with Gasteiger partial charge in [-0.3, -0.25) is 9.11 Å². The Kier molecular flexibility index (Phi) is 5.58. The van der Waals surface area contributed by atoms with E-state index in [1.807, 2.05) is 0 Å². The Balaban J connectivity index is 2.24. The second-order valence-corrected chi connectivity index (χ2v) is 7.96. The third-order valence-electron chi connectivity index (χ3n) is 4.66. The molecule has 1 N–H and O–H groups in total. The zero-order valence-electron chi connectivity index (χ0n) is 13.6. The zero-order valence-corrected chi connectivity index (χ0v) is 14.5. The molecule has 1 aromatic carbocycles. The largest absolute Gasteiger partial charge is 0.308 e. The van der Waals surface area contributed by atoms with Gasteiger partial charge < -0.3 is 5.32 Å². The van der Waals surface area contributed by atoms with Crippen LogP contribution >= 0.6 is 0 Å². The summed E-state index contributed by atoms with van der Waals surface area (Å²) < 4.78 is 11.6. The first-order valence-electron chi connectivity index (χ1n) is 7.81. The summed E-state index contributed by atoms with van der Waals surface area (Å²) in [6.07, 6.45) is 2.90. The smallest absolute Gasteiger partial charge is 0.0476 e. The van der Waals surface area contributed by atoms with Crippen molar-refractivity contribution in [2.24, 2.45) is 0 Å². The van der Waals surface area contributed by atoms with E-state index in [1.54, 1.807) is 6.26 Å². The second kappa shape index (κ2) is 7.03. The van der Waals surface area contributed by atoms with E-state index < -0.39 is 10.8 Å². The molecule has 21 heavy (non-hydrogen) atoms. The molecule has 4 heteroatoms. The van der Waals surface area contributed by atoms with Crippen molar-refractivity contribution in [3.63, 3.8) is 0 Å². The third kappa shape index (κ3) is 4.15. The van der Waals surface area contributed by atoms with Gasteiger partial charge in [0.25, 0.3) is 0 Å². The minimum Gasteiger partial charge on any atom is -0.308 e. The molecule has 3 nitrogen and oxygen atoms in total. The van der Waals surface area contributed by atoms with Crippen molar-refractivity contribution in [1.29, 1.82) is 0 Å². The first-order valence-corrected chi connectivity index (χ1v) is 9.53. The van der Waals surface area contributed by atoms with E-state index in [4.69, 9.17) is 0 Å². The van der Waals surface area contributed by atoms with Crippen LogP contribution in [0.1, 0.15) is 38.8 Å². The van der Waals surface area contributed by atoms with E-state index in [2.05, 4.69) is 61.3 Å². The summed E-state index contributed by atoms with van der Waals surface area (Å²) in [4.78, 5) is 2.54. The zero-order chi connectivity index (χ0) is 15.5. The molecular formula is C17H28N2OS. The number of rotatable bonds is 5. The lowest BCUT2D eigenvalue weighted by Gasteiger charge is -2.48. The predicted octanol–water partition coefficient (Wildman–Crippen LogP) is 2.57. The SMILES string of the molecule is CCC1(C)CN(C(C)CS(C)=O)C(c2ccccc2)CN1. The van der Waals surface area contributed by atoms with E-state index in [0.29, 0.717) is 12.1 Å². The molecule has 1 aliphatic heterocycles. The van der Waals surface area contributed by atoms with Crippen LogP contribution in [0.25, 0.3) is 0 Å². The molecule has 4 unspecified atom stereocenters. The number of hydrogen-bond acceptors (Lipinski definition) is 3. The lowest BCUT2D eigenvalue weighted by molar-refractivity contribution is 0.0587. The van der Waals surface area contributed by atoms with Gasteiger partial charge in [0.15, 0.2) is 0 Å². The van der Waals surface area contributed by atoms with Gasteiger partial charge in [-0.1, -0.05) is 37.3 Å². The van der Waals surface area contributed by atoms with Gasteiger partial charge >= 0.3 is 0 Å². The third-order valence-corrected chi connectivity index (χ3v) is 5.61. The predicted molar refractivity (Wildman–Crippen MR) is 91.0 cm³/mol. The van der Waals surface area contributed by atoms with E-state index in [0.717, 1.165) is 25.3 Å². The molecule has 118 valence electrons. The molecule has 0 aliphatic carbocycles. The molecule has 0 bridgehead atoms. The Hall–Kier alpha value is -0.710. The van der Waals surface area contributed by atoms with Crippen molar-refractivity contribution in [3.05, 3.63) is 35.9 Å². The van der Waals surface area contributed by atoms with Crippen molar-refractivity contribution in [3.8, 4) is 0 Å². The highest BCUT2D eigenvalue weighted by atomic mass is 32.2. The van der Waals surface area contributed by atoms with Crippen LogP contribution in [0.3, 0.4) is 0 Å². The minimum absolute atomic E-state index is 0.148. The normalized spacial score (nSPS) is 30.0. The highest BCUT2D eigenvalue weighted by Crippen LogP contribution is 2.30. The van der Waals surface area contributed by atoms with Crippen LogP contribution in [0.5, 0.6) is 0 Å². The number of nitrogens with zero attached hydrogens (tertiary/aromatic N) is 1. The summed E-state index contributed by atoms with van der Waals surface area (Å²) in [6.45, 7) is 8.68. The maximum atomic E-state index is 11.6. The van der Waals surface area contributed by atoms with Crippen LogP contribution in [0.4, 0.5) is 0 Å². The Labute approximate surface area is 131 Å². The molecule has 0 radical (unpaired) electrons. The molecule has 1 aromatic rings. The second-order valence-electron chi connectivity index (χ2n) is 6.48. The van der Waals surface area contributed by atoms with Crippen LogP contribution in [0, 0.1) is 0 Å². The highest BCUT2D eigenvalue weighted by Gasteiger charge is 2.37. The van der Waals surface area contributed by atoms with Crippen LogP contribution in [0.2, 0.25) is 0 Å². The Bertz CT molecular complexity index is 479. The molecule has 1 saturated heterocycles. The summed E-state index contributed by atoms with van der Waals surface area (Å²) in [5, 5.41) is 3.71. The van der Waals surface area contributed by atoms with Crippen molar-refractivity contribution in [2.45, 2.75) is 44.8 Å². The Morgan fingerprint density at radius 3 is 2.67 bits per heavy atom. The topological polar surface area (TPSA) is 32.3 Å². The van der Waals surface area contributed by atoms with E-state index in [-0.39, 0.29) is 5.54 Å².